The van der Waals surface area contributed by atoms with Gasteiger partial charge in [-0.05, 0) is 92.0 Å². The number of hydrogen-bond acceptors (Lipinski definition) is 2. The fourth-order valence-corrected chi connectivity index (χ4v) is 6.02. The number of carbonyl (C=O) groups is 1. The first-order valence-electron chi connectivity index (χ1n) is 9.87. The van der Waals surface area contributed by atoms with E-state index in [9.17, 15) is 9.18 Å². The highest BCUT2D eigenvalue weighted by Gasteiger charge is 2.59. The lowest BCUT2D eigenvalue weighted by molar-refractivity contribution is -0.127. The summed E-state index contributed by atoms with van der Waals surface area (Å²) in [6, 6.07) is 6.98. The Kier molecular flexibility index (Phi) is 3.60. The lowest BCUT2D eigenvalue weighted by Gasteiger charge is -2.23. The summed E-state index contributed by atoms with van der Waals surface area (Å²) in [6.07, 6.45) is 8.69. The third-order valence-electron chi connectivity index (χ3n) is 7.44. The van der Waals surface area contributed by atoms with Gasteiger partial charge in [0, 0.05) is 18.6 Å². The number of aromatic nitrogens is 1. The van der Waals surface area contributed by atoms with Crippen LogP contribution in [0.3, 0.4) is 0 Å². The second-order valence-electron chi connectivity index (χ2n) is 8.65. The highest BCUT2D eigenvalue weighted by molar-refractivity contribution is 5.85. The molecule has 1 N–H and O–H groups in total. The van der Waals surface area contributed by atoms with Crippen molar-refractivity contribution in [3.8, 4) is 0 Å². The van der Waals surface area contributed by atoms with Crippen LogP contribution >= 0.6 is 0 Å². The predicted molar refractivity (Wildman–Crippen MR) is 99.1 cm³/mol. The molecular weight excluding hydrogens is 327 g/mol. The third-order valence-corrected chi connectivity index (χ3v) is 7.44. The standard InChI is InChI=1S/C22H25FN2O/c1-24-21(26)22(5-6-22)16-10-13-8-15(9-14(13)11-16)18-4-7-25-20-3-2-17(23)12-19(18)20/h2-4,7,12-16H,5-6,8-11H2,1H3,(H,24,26). The maximum absolute atomic E-state index is 13.8. The Morgan fingerprint density at radius 1 is 1.15 bits per heavy atom. The fourth-order valence-electron chi connectivity index (χ4n) is 6.02. The number of pyridine rings is 1. The summed E-state index contributed by atoms with van der Waals surface area (Å²) in [5.41, 5.74) is 2.09. The second-order valence-corrected chi connectivity index (χ2v) is 8.65. The first-order chi connectivity index (χ1) is 12.6. The Balaban J connectivity index is 1.36. The van der Waals surface area contributed by atoms with E-state index in [2.05, 4.69) is 16.4 Å². The van der Waals surface area contributed by atoms with Gasteiger partial charge in [-0.1, -0.05) is 0 Å². The van der Waals surface area contributed by atoms with Crippen molar-refractivity contribution in [1.29, 1.82) is 0 Å². The van der Waals surface area contributed by atoms with Gasteiger partial charge >= 0.3 is 0 Å². The van der Waals surface area contributed by atoms with Crippen molar-refractivity contribution < 1.29 is 9.18 Å². The molecule has 3 nitrogen and oxygen atoms in total. The molecule has 0 saturated heterocycles. The molecule has 0 aliphatic heterocycles. The molecular formula is C22H25FN2O. The Bertz CT molecular complexity index is 862. The van der Waals surface area contributed by atoms with Crippen LogP contribution in [0.15, 0.2) is 30.5 Å². The Hall–Kier alpha value is -1.97. The summed E-state index contributed by atoms with van der Waals surface area (Å²) < 4.78 is 13.8. The minimum absolute atomic E-state index is 0.0545. The van der Waals surface area contributed by atoms with Crippen LogP contribution in [0.25, 0.3) is 10.9 Å². The van der Waals surface area contributed by atoms with Crippen molar-refractivity contribution >= 4 is 16.8 Å². The van der Waals surface area contributed by atoms with Crippen molar-refractivity contribution in [2.24, 2.45) is 23.2 Å². The smallest absolute Gasteiger partial charge is 0.226 e. The van der Waals surface area contributed by atoms with Gasteiger partial charge in [-0.15, -0.1) is 0 Å². The van der Waals surface area contributed by atoms with Gasteiger partial charge in [0.1, 0.15) is 5.82 Å². The van der Waals surface area contributed by atoms with Crippen LogP contribution in [-0.4, -0.2) is 17.9 Å². The quantitative estimate of drug-likeness (QED) is 0.888. The van der Waals surface area contributed by atoms with Crippen molar-refractivity contribution in [2.45, 2.75) is 44.4 Å². The zero-order chi connectivity index (χ0) is 17.9. The maximum Gasteiger partial charge on any atom is 0.226 e. The number of fused-ring (bicyclic) bond motifs is 2. The Labute approximate surface area is 153 Å². The van der Waals surface area contributed by atoms with Gasteiger partial charge in [-0.2, -0.15) is 0 Å². The van der Waals surface area contributed by atoms with Gasteiger partial charge in [-0.3, -0.25) is 9.78 Å². The highest BCUT2D eigenvalue weighted by atomic mass is 19.1. The number of halogens is 1. The molecule has 5 rings (SSSR count). The average molecular weight is 352 g/mol. The number of hydrogen-bond donors (Lipinski definition) is 1. The van der Waals surface area contributed by atoms with E-state index in [1.165, 1.54) is 37.3 Å². The molecule has 0 bridgehead atoms. The topological polar surface area (TPSA) is 42.0 Å². The van der Waals surface area contributed by atoms with Crippen molar-refractivity contribution in [1.82, 2.24) is 10.3 Å². The summed E-state index contributed by atoms with van der Waals surface area (Å²) >= 11 is 0. The predicted octanol–water partition coefficient (Wildman–Crippen LogP) is 4.42. The molecule has 1 aromatic heterocycles. The van der Waals surface area contributed by atoms with Gasteiger partial charge < -0.3 is 5.32 Å². The number of nitrogens with zero attached hydrogens (tertiary/aromatic N) is 1. The van der Waals surface area contributed by atoms with Gasteiger partial charge in [0.2, 0.25) is 5.91 Å². The van der Waals surface area contributed by atoms with Crippen LogP contribution in [0.1, 0.15) is 50.0 Å². The molecule has 3 saturated carbocycles. The normalized spacial score (nSPS) is 31.8. The van der Waals surface area contributed by atoms with E-state index < -0.39 is 0 Å². The van der Waals surface area contributed by atoms with Gasteiger partial charge in [-0.25, -0.2) is 4.39 Å². The molecule has 0 radical (unpaired) electrons. The van der Waals surface area contributed by atoms with Crippen LogP contribution in [0.2, 0.25) is 0 Å². The SMILES string of the molecule is CNC(=O)C1(C2CC3CC(c4ccnc5ccc(F)cc45)CC3C2)CC1. The Morgan fingerprint density at radius 2 is 1.88 bits per heavy atom. The molecule has 4 heteroatoms. The van der Waals surface area contributed by atoms with E-state index in [-0.39, 0.29) is 17.1 Å². The second kappa shape index (κ2) is 5.77. The van der Waals surface area contributed by atoms with E-state index in [0.29, 0.717) is 23.7 Å². The maximum atomic E-state index is 13.8. The number of carbonyl (C=O) groups excluding carboxylic acids is 1. The lowest BCUT2D eigenvalue weighted by atomic mass is 9.83. The third kappa shape index (κ3) is 2.38. The molecule has 3 aliphatic rings. The number of amides is 1. The molecule has 1 aromatic carbocycles. The molecule has 1 heterocycles. The van der Waals surface area contributed by atoms with Gasteiger partial charge in [0.15, 0.2) is 0 Å². The van der Waals surface area contributed by atoms with E-state index >= 15 is 0 Å². The zero-order valence-electron chi connectivity index (χ0n) is 15.2. The molecule has 3 fully saturated rings. The summed E-state index contributed by atoms with van der Waals surface area (Å²) in [5, 5.41) is 3.86. The first kappa shape index (κ1) is 16.2. The van der Waals surface area contributed by atoms with E-state index in [4.69, 9.17) is 0 Å². The van der Waals surface area contributed by atoms with Crippen LogP contribution in [0.5, 0.6) is 0 Å². The van der Waals surface area contributed by atoms with Gasteiger partial charge in [0.05, 0.1) is 10.9 Å². The highest BCUT2D eigenvalue weighted by Crippen LogP contribution is 2.63. The average Bonchev–Trinajstić information content (AvgIpc) is 3.22. The van der Waals surface area contributed by atoms with Crippen LogP contribution in [0.4, 0.5) is 4.39 Å². The summed E-state index contributed by atoms with van der Waals surface area (Å²) in [7, 11) is 1.77. The van der Waals surface area contributed by atoms with E-state index in [0.717, 1.165) is 23.7 Å². The number of benzene rings is 1. The molecule has 2 atom stereocenters. The molecule has 1 amide bonds. The largest absolute Gasteiger partial charge is 0.359 e. The van der Waals surface area contributed by atoms with Gasteiger partial charge in [0.25, 0.3) is 0 Å². The molecule has 0 spiro atoms. The van der Waals surface area contributed by atoms with Crippen LogP contribution < -0.4 is 5.32 Å². The van der Waals surface area contributed by atoms with E-state index in [1.807, 2.05) is 6.20 Å². The van der Waals surface area contributed by atoms with Crippen LogP contribution in [0, 0.1) is 29.0 Å². The summed E-state index contributed by atoms with van der Waals surface area (Å²) in [5.74, 6) is 2.55. The number of rotatable bonds is 3. The summed E-state index contributed by atoms with van der Waals surface area (Å²) in [4.78, 5) is 16.7. The fraction of sp³-hybridized carbons (Fsp3) is 0.545. The minimum Gasteiger partial charge on any atom is -0.359 e. The van der Waals surface area contributed by atoms with Crippen molar-refractivity contribution in [3.63, 3.8) is 0 Å². The monoisotopic (exact) mass is 352 g/mol. The van der Waals surface area contributed by atoms with Crippen LogP contribution in [-0.2, 0) is 4.79 Å². The molecule has 26 heavy (non-hydrogen) atoms. The first-order valence-corrected chi connectivity index (χ1v) is 9.87. The van der Waals surface area contributed by atoms with Crippen molar-refractivity contribution in [2.75, 3.05) is 7.05 Å². The molecule has 2 unspecified atom stereocenters. The Morgan fingerprint density at radius 3 is 2.54 bits per heavy atom. The number of nitrogens with one attached hydrogen (secondary N) is 1. The molecule has 3 aliphatic carbocycles. The van der Waals surface area contributed by atoms with E-state index in [1.54, 1.807) is 19.2 Å². The molecule has 136 valence electrons. The molecule has 2 aromatic rings. The lowest BCUT2D eigenvalue weighted by Crippen LogP contribution is -2.33. The van der Waals surface area contributed by atoms with Crippen molar-refractivity contribution in [3.05, 3.63) is 41.8 Å². The minimum atomic E-state index is -0.189. The zero-order valence-corrected chi connectivity index (χ0v) is 15.2. The summed E-state index contributed by atoms with van der Waals surface area (Å²) in [6.45, 7) is 0.